The predicted molar refractivity (Wildman–Crippen MR) is 71.1 cm³/mol. The number of nitrogens with one attached hydrogen (secondary N) is 1. The highest BCUT2D eigenvalue weighted by molar-refractivity contribution is 5.79. The Morgan fingerprint density at radius 2 is 2.00 bits per heavy atom. The summed E-state index contributed by atoms with van der Waals surface area (Å²) in [5.41, 5.74) is 0. The number of urea groups is 1. The summed E-state index contributed by atoms with van der Waals surface area (Å²) in [4.78, 5) is 37.7. The van der Waals surface area contributed by atoms with Crippen LogP contribution in [0.2, 0.25) is 0 Å². The molecule has 0 aromatic carbocycles. The molecule has 2 saturated heterocycles. The second kappa shape index (κ2) is 5.68. The van der Waals surface area contributed by atoms with Gasteiger partial charge in [-0.05, 0) is 12.3 Å². The first kappa shape index (κ1) is 14.6. The molecule has 2 aliphatic heterocycles. The quantitative estimate of drug-likeness (QED) is 0.744. The van der Waals surface area contributed by atoms with Crippen molar-refractivity contribution >= 4 is 17.9 Å². The van der Waals surface area contributed by atoms with Crippen molar-refractivity contribution < 1.29 is 19.5 Å². The minimum Gasteiger partial charge on any atom is -0.481 e. The lowest BCUT2D eigenvalue weighted by Crippen LogP contribution is -2.51. The summed E-state index contributed by atoms with van der Waals surface area (Å²) in [6.07, 6.45) is 1.08. The lowest BCUT2D eigenvalue weighted by molar-refractivity contribution is -0.142. The van der Waals surface area contributed by atoms with Crippen molar-refractivity contribution in [3.63, 3.8) is 0 Å². The molecule has 0 radical (unpaired) electrons. The minimum absolute atomic E-state index is 0.0335. The first-order chi connectivity index (χ1) is 9.38. The molecule has 0 saturated carbocycles. The van der Waals surface area contributed by atoms with Crippen molar-refractivity contribution in [3.8, 4) is 0 Å². The number of nitrogens with zero attached hydrogens (tertiary/aromatic N) is 2. The molecule has 0 bridgehead atoms. The molecule has 112 valence electrons. The fourth-order valence-corrected chi connectivity index (χ4v) is 2.85. The van der Waals surface area contributed by atoms with Crippen LogP contribution in [0.15, 0.2) is 0 Å². The molecule has 3 amide bonds. The number of amides is 3. The highest BCUT2D eigenvalue weighted by atomic mass is 16.4. The van der Waals surface area contributed by atoms with Gasteiger partial charge in [0, 0.05) is 39.1 Å². The van der Waals surface area contributed by atoms with Crippen LogP contribution < -0.4 is 5.32 Å². The SMILES string of the molecule is CC1CN(C(=O)NC2CCC(=O)N(C)C2)CC1C(=O)O. The molecule has 2 heterocycles. The Hall–Kier alpha value is -1.79. The minimum atomic E-state index is -0.851. The Kier molecular flexibility index (Phi) is 4.15. The summed E-state index contributed by atoms with van der Waals surface area (Å²) in [5.74, 6) is -1.28. The maximum Gasteiger partial charge on any atom is 0.317 e. The third kappa shape index (κ3) is 3.02. The molecule has 7 nitrogen and oxygen atoms in total. The maximum absolute atomic E-state index is 12.1. The summed E-state index contributed by atoms with van der Waals surface area (Å²) in [7, 11) is 1.72. The van der Waals surface area contributed by atoms with Gasteiger partial charge < -0.3 is 20.2 Å². The molecule has 2 N–H and O–H groups in total. The first-order valence-electron chi connectivity index (χ1n) is 6.90. The fourth-order valence-electron chi connectivity index (χ4n) is 2.85. The van der Waals surface area contributed by atoms with E-state index in [0.29, 0.717) is 25.9 Å². The second-order valence-electron chi connectivity index (χ2n) is 5.79. The normalized spacial score (nSPS) is 30.5. The van der Waals surface area contributed by atoms with E-state index in [1.165, 1.54) is 0 Å². The van der Waals surface area contributed by atoms with E-state index in [1.54, 1.807) is 16.8 Å². The number of carboxylic acid groups (broad SMARTS) is 1. The van der Waals surface area contributed by atoms with Gasteiger partial charge >= 0.3 is 12.0 Å². The van der Waals surface area contributed by atoms with Gasteiger partial charge in [0.1, 0.15) is 0 Å². The van der Waals surface area contributed by atoms with Gasteiger partial charge in [0.25, 0.3) is 0 Å². The zero-order chi connectivity index (χ0) is 14.9. The topological polar surface area (TPSA) is 90.0 Å². The Balaban J connectivity index is 1.87. The Morgan fingerprint density at radius 1 is 1.30 bits per heavy atom. The maximum atomic E-state index is 12.1. The summed E-state index contributed by atoms with van der Waals surface area (Å²) < 4.78 is 0. The number of likely N-dealkylation sites (N-methyl/N-ethyl adjacent to an activating group) is 1. The van der Waals surface area contributed by atoms with Gasteiger partial charge in [0.05, 0.1) is 5.92 Å². The number of piperidine rings is 1. The highest BCUT2D eigenvalue weighted by Gasteiger charge is 2.37. The van der Waals surface area contributed by atoms with E-state index in [-0.39, 0.29) is 30.4 Å². The van der Waals surface area contributed by atoms with E-state index >= 15 is 0 Å². The lowest BCUT2D eigenvalue weighted by atomic mass is 9.99. The number of hydrogen-bond acceptors (Lipinski definition) is 3. The predicted octanol–water partition coefficient (Wildman–Crippen LogP) is -0.0307. The van der Waals surface area contributed by atoms with Gasteiger partial charge in [-0.1, -0.05) is 6.92 Å². The van der Waals surface area contributed by atoms with Crippen molar-refractivity contribution in [3.05, 3.63) is 0 Å². The Labute approximate surface area is 117 Å². The van der Waals surface area contributed by atoms with E-state index in [4.69, 9.17) is 5.11 Å². The van der Waals surface area contributed by atoms with Gasteiger partial charge in [-0.25, -0.2) is 4.79 Å². The zero-order valence-electron chi connectivity index (χ0n) is 11.8. The van der Waals surface area contributed by atoms with E-state index in [0.717, 1.165) is 0 Å². The van der Waals surface area contributed by atoms with Crippen LogP contribution in [0.4, 0.5) is 4.79 Å². The Morgan fingerprint density at radius 3 is 2.55 bits per heavy atom. The molecule has 2 fully saturated rings. The lowest BCUT2D eigenvalue weighted by Gasteiger charge is -2.31. The molecule has 0 aliphatic carbocycles. The first-order valence-corrected chi connectivity index (χ1v) is 6.90. The van der Waals surface area contributed by atoms with Gasteiger partial charge in [0.2, 0.25) is 5.91 Å². The van der Waals surface area contributed by atoms with E-state index in [2.05, 4.69) is 5.32 Å². The number of carbonyl (C=O) groups is 3. The molecular formula is C13H21N3O4. The third-order valence-electron chi connectivity index (χ3n) is 4.17. The average Bonchev–Trinajstić information content (AvgIpc) is 2.76. The van der Waals surface area contributed by atoms with Crippen molar-refractivity contribution in [1.29, 1.82) is 0 Å². The summed E-state index contributed by atoms with van der Waals surface area (Å²) in [6.45, 7) is 3.07. The smallest absolute Gasteiger partial charge is 0.317 e. The van der Waals surface area contributed by atoms with Crippen molar-refractivity contribution in [2.24, 2.45) is 11.8 Å². The van der Waals surface area contributed by atoms with Crippen LogP contribution >= 0.6 is 0 Å². The number of likely N-dealkylation sites (tertiary alicyclic amines) is 2. The third-order valence-corrected chi connectivity index (χ3v) is 4.17. The molecule has 0 spiro atoms. The molecular weight excluding hydrogens is 262 g/mol. The number of rotatable bonds is 2. The van der Waals surface area contributed by atoms with Crippen LogP contribution in [0, 0.1) is 11.8 Å². The molecule has 20 heavy (non-hydrogen) atoms. The molecule has 7 heteroatoms. The largest absolute Gasteiger partial charge is 0.481 e. The van der Waals surface area contributed by atoms with Crippen LogP contribution in [-0.2, 0) is 9.59 Å². The van der Waals surface area contributed by atoms with Gasteiger partial charge in [0.15, 0.2) is 0 Å². The Bertz CT molecular complexity index is 426. The molecule has 2 aliphatic rings. The van der Waals surface area contributed by atoms with Crippen LogP contribution in [0.5, 0.6) is 0 Å². The van der Waals surface area contributed by atoms with E-state index in [9.17, 15) is 14.4 Å². The van der Waals surface area contributed by atoms with Crippen LogP contribution in [0.3, 0.4) is 0 Å². The van der Waals surface area contributed by atoms with E-state index < -0.39 is 11.9 Å². The molecule has 3 unspecified atom stereocenters. The molecule has 2 rings (SSSR count). The summed E-state index contributed by atoms with van der Waals surface area (Å²) in [5, 5.41) is 12.0. The van der Waals surface area contributed by atoms with Crippen molar-refractivity contribution in [2.75, 3.05) is 26.7 Å². The van der Waals surface area contributed by atoms with Crippen LogP contribution in [-0.4, -0.2) is 65.5 Å². The van der Waals surface area contributed by atoms with Crippen LogP contribution in [0.25, 0.3) is 0 Å². The molecule has 0 aromatic heterocycles. The summed E-state index contributed by atoms with van der Waals surface area (Å²) in [6, 6.07) is -0.280. The van der Waals surface area contributed by atoms with Crippen molar-refractivity contribution in [1.82, 2.24) is 15.1 Å². The second-order valence-corrected chi connectivity index (χ2v) is 5.79. The van der Waals surface area contributed by atoms with Crippen LogP contribution in [0.1, 0.15) is 19.8 Å². The monoisotopic (exact) mass is 283 g/mol. The van der Waals surface area contributed by atoms with Gasteiger partial charge in [-0.3, -0.25) is 9.59 Å². The van der Waals surface area contributed by atoms with E-state index in [1.807, 2.05) is 6.92 Å². The number of hydrogen-bond donors (Lipinski definition) is 2. The average molecular weight is 283 g/mol. The number of carbonyl (C=O) groups excluding carboxylic acids is 2. The summed E-state index contributed by atoms with van der Waals surface area (Å²) >= 11 is 0. The van der Waals surface area contributed by atoms with Crippen molar-refractivity contribution in [2.45, 2.75) is 25.8 Å². The molecule has 3 atom stereocenters. The van der Waals surface area contributed by atoms with Gasteiger partial charge in [-0.15, -0.1) is 0 Å². The number of aliphatic carboxylic acids is 1. The zero-order valence-corrected chi connectivity index (χ0v) is 11.8. The van der Waals surface area contributed by atoms with Gasteiger partial charge in [-0.2, -0.15) is 0 Å². The fraction of sp³-hybridized carbons (Fsp3) is 0.769. The standard InChI is InChI=1S/C13H21N3O4/c1-8-5-16(7-10(8)12(18)19)13(20)14-9-3-4-11(17)15(2)6-9/h8-10H,3-7H2,1-2H3,(H,14,20)(H,18,19). The highest BCUT2D eigenvalue weighted by Crippen LogP contribution is 2.23. The number of carboxylic acids is 1. The molecule has 0 aromatic rings.